The summed E-state index contributed by atoms with van der Waals surface area (Å²) in [5.41, 5.74) is 0.338. The number of hydrogen-bond donors (Lipinski definition) is 1. The van der Waals surface area contributed by atoms with Crippen LogP contribution in [-0.4, -0.2) is 38.3 Å². The van der Waals surface area contributed by atoms with E-state index < -0.39 is 5.60 Å². The molecule has 2 heterocycles. The predicted molar refractivity (Wildman–Crippen MR) is 60.1 cm³/mol. The van der Waals surface area contributed by atoms with E-state index in [4.69, 9.17) is 11.6 Å². The highest BCUT2D eigenvalue weighted by Gasteiger charge is 2.40. The van der Waals surface area contributed by atoms with Crippen LogP contribution in [0.1, 0.15) is 25.5 Å². The van der Waals surface area contributed by atoms with E-state index in [0.717, 1.165) is 18.5 Å². The van der Waals surface area contributed by atoms with Gasteiger partial charge in [-0.3, -0.25) is 4.90 Å². The maximum atomic E-state index is 9.97. The van der Waals surface area contributed by atoms with Crippen LogP contribution in [0.25, 0.3) is 0 Å². The van der Waals surface area contributed by atoms with Gasteiger partial charge in [0.2, 0.25) is 0 Å². The number of β-amino-alcohol motifs (C(OH)–C–C–N with tert-alkyl or cyclic N) is 1. The number of aromatic nitrogens is 2. The Labute approximate surface area is 98.0 Å². The lowest BCUT2D eigenvalue weighted by atomic mass is 9.89. The van der Waals surface area contributed by atoms with E-state index in [1.54, 1.807) is 0 Å². The van der Waals surface area contributed by atoms with Crippen molar-refractivity contribution in [2.75, 3.05) is 13.1 Å². The summed E-state index contributed by atoms with van der Waals surface area (Å²) in [7, 11) is 0. The minimum absolute atomic E-state index is 0.481. The molecule has 0 amide bonds. The fourth-order valence-corrected chi connectivity index (χ4v) is 2.64. The van der Waals surface area contributed by atoms with Crippen molar-refractivity contribution in [3.63, 3.8) is 0 Å². The summed E-state index contributed by atoms with van der Waals surface area (Å²) in [4.78, 5) is 2.14. The van der Waals surface area contributed by atoms with Gasteiger partial charge in [0.25, 0.3) is 0 Å². The molecule has 4 nitrogen and oxygen atoms in total. The number of likely N-dealkylation sites (tertiary alicyclic amines) is 1. The predicted octanol–water partition coefficient (Wildman–Crippen LogP) is 1.54. The molecule has 84 valence electrons. The minimum atomic E-state index is -0.481. The molecule has 0 bridgehead atoms. The maximum absolute atomic E-state index is 9.97. The molecule has 0 spiro atoms. The molecular formula is C9H14ClN3OS. The molecule has 1 N–H and O–H groups in total. The summed E-state index contributed by atoms with van der Waals surface area (Å²) in [6, 6.07) is 0. The second kappa shape index (κ2) is 4.33. The first-order valence-electron chi connectivity index (χ1n) is 5.04. The molecule has 0 aromatic carbocycles. The first-order valence-corrected chi connectivity index (χ1v) is 6.19. The van der Waals surface area contributed by atoms with Crippen LogP contribution in [0.2, 0.25) is 4.34 Å². The summed E-state index contributed by atoms with van der Waals surface area (Å²) in [5.74, 6) is 0. The maximum Gasteiger partial charge on any atom is 0.138 e. The Morgan fingerprint density at radius 3 is 2.87 bits per heavy atom. The molecular weight excluding hydrogens is 234 g/mol. The van der Waals surface area contributed by atoms with Gasteiger partial charge in [0.1, 0.15) is 10.0 Å². The Balaban J connectivity index is 1.83. The molecule has 0 unspecified atom stereocenters. The van der Waals surface area contributed by atoms with Crippen LogP contribution < -0.4 is 0 Å². The van der Waals surface area contributed by atoms with Crippen LogP contribution in [0.5, 0.6) is 0 Å². The Morgan fingerprint density at radius 2 is 2.33 bits per heavy atom. The van der Waals surface area contributed by atoms with Gasteiger partial charge in [0, 0.05) is 31.2 Å². The van der Waals surface area contributed by atoms with Crippen molar-refractivity contribution >= 4 is 23.1 Å². The lowest BCUT2D eigenvalue weighted by molar-refractivity contribution is -0.107. The summed E-state index contributed by atoms with van der Waals surface area (Å²) >= 11 is 7.11. The van der Waals surface area contributed by atoms with Gasteiger partial charge in [-0.1, -0.05) is 29.4 Å². The van der Waals surface area contributed by atoms with E-state index in [1.807, 2.05) is 0 Å². The summed E-state index contributed by atoms with van der Waals surface area (Å²) < 4.78 is 4.43. The fraction of sp³-hybridized carbons (Fsp3) is 0.778. The molecule has 1 aromatic rings. The van der Waals surface area contributed by atoms with Gasteiger partial charge in [-0.05, 0) is 6.42 Å². The van der Waals surface area contributed by atoms with Gasteiger partial charge in [-0.25, -0.2) is 0 Å². The van der Waals surface area contributed by atoms with Crippen LogP contribution in [0.3, 0.4) is 0 Å². The summed E-state index contributed by atoms with van der Waals surface area (Å²) in [6.45, 7) is 4.21. The SMILES string of the molecule is CCCC1(O)CN(Cc2nnsc2Cl)C1. The van der Waals surface area contributed by atoms with Gasteiger partial charge in [0.05, 0.1) is 5.60 Å². The monoisotopic (exact) mass is 247 g/mol. The van der Waals surface area contributed by atoms with Gasteiger partial charge in [-0.15, -0.1) is 5.10 Å². The minimum Gasteiger partial charge on any atom is -0.387 e. The van der Waals surface area contributed by atoms with E-state index in [0.29, 0.717) is 24.0 Å². The molecule has 0 radical (unpaired) electrons. The summed E-state index contributed by atoms with van der Waals surface area (Å²) in [5, 5.41) is 13.9. The van der Waals surface area contributed by atoms with E-state index >= 15 is 0 Å². The van der Waals surface area contributed by atoms with Gasteiger partial charge in [-0.2, -0.15) is 0 Å². The third-order valence-corrected chi connectivity index (χ3v) is 3.62. The average Bonchev–Trinajstić information content (AvgIpc) is 2.50. The van der Waals surface area contributed by atoms with Crippen LogP contribution >= 0.6 is 23.1 Å². The van der Waals surface area contributed by atoms with Crippen molar-refractivity contribution in [2.24, 2.45) is 0 Å². The highest BCUT2D eigenvalue weighted by Crippen LogP contribution is 2.28. The zero-order valence-electron chi connectivity index (χ0n) is 8.61. The lowest BCUT2D eigenvalue weighted by Gasteiger charge is -2.46. The van der Waals surface area contributed by atoms with Crippen LogP contribution in [-0.2, 0) is 6.54 Å². The van der Waals surface area contributed by atoms with Gasteiger partial charge >= 0.3 is 0 Å². The van der Waals surface area contributed by atoms with Gasteiger partial charge in [0.15, 0.2) is 0 Å². The number of hydrogen-bond acceptors (Lipinski definition) is 5. The number of rotatable bonds is 4. The first kappa shape index (κ1) is 11.3. The molecule has 0 saturated carbocycles. The van der Waals surface area contributed by atoms with E-state index in [1.165, 1.54) is 11.5 Å². The standard InChI is InChI=1S/C9H14ClN3OS/c1-2-3-9(14)5-13(6-9)4-7-8(10)15-12-11-7/h14H,2-6H2,1H3. The Bertz CT molecular complexity index is 338. The molecule has 6 heteroatoms. The molecule has 0 aliphatic carbocycles. The van der Waals surface area contributed by atoms with Crippen molar-refractivity contribution in [1.29, 1.82) is 0 Å². The van der Waals surface area contributed by atoms with Crippen LogP contribution in [0.15, 0.2) is 0 Å². The molecule has 1 aliphatic rings. The van der Waals surface area contributed by atoms with E-state index in [9.17, 15) is 5.11 Å². The molecule has 1 fully saturated rings. The summed E-state index contributed by atoms with van der Waals surface area (Å²) in [6.07, 6.45) is 1.88. The normalized spacial score (nSPS) is 20.2. The van der Waals surface area contributed by atoms with Crippen molar-refractivity contribution in [3.8, 4) is 0 Å². The average molecular weight is 248 g/mol. The highest BCUT2D eigenvalue weighted by molar-refractivity contribution is 7.10. The van der Waals surface area contributed by atoms with Crippen molar-refractivity contribution in [2.45, 2.75) is 31.9 Å². The molecule has 2 rings (SSSR count). The van der Waals surface area contributed by atoms with Crippen molar-refractivity contribution < 1.29 is 5.11 Å². The largest absolute Gasteiger partial charge is 0.387 e. The highest BCUT2D eigenvalue weighted by atomic mass is 35.5. The van der Waals surface area contributed by atoms with Crippen molar-refractivity contribution in [3.05, 3.63) is 10.0 Å². The Kier molecular flexibility index (Phi) is 3.25. The number of aliphatic hydroxyl groups is 1. The molecule has 15 heavy (non-hydrogen) atoms. The van der Waals surface area contributed by atoms with E-state index in [-0.39, 0.29) is 0 Å². The fourth-order valence-electron chi connectivity index (χ4n) is 2.02. The Hall–Kier alpha value is -0.230. The number of nitrogens with zero attached hydrogens (tertiary/aromatic N) is 3. The van der Waals surface area contributed by atoms with Crippen molar-refractivity contribution in [1.82, 2.24) is 14.5 Å². The zero-order chi connectivity index (χ0) is 10.9. The first-order chi connectivity index (χ1) is 7.13. The van der Waals surface area contributed by atoms with Crippen LogP contribution in [0.4, 0.5) is 0 Å². The van der Waals surface area contributed by atoms with Gasteiger partial charge < -0.3 is 5.11 Å². The zero-order valence-corrected chi connectivity index (χ0v) is 10.2. The topological polar surface area (TPSA) is 49.2 Å². The quantitative estimate of drug-likeness (QED) is 0.877. The second-order valence-electron chi connectivity index (χ2n) is 4.11. The van der Waals surface area contributed by atoms with Crippen LogP contribution in [0, 0.1) is 0 Å². The molecule has 0 atom stereocenters. The molecule has 1 saturated heterocycles. The third-order valence-electron chi connectivity index (χ3n) is 2.63. The molecule has 1 aromatic heterocycles. The van der Waals surface area contributed by atoms with E-state index in [2.05, 4.69) is 21.4 Å². The number of halogens is 1. The molecule has 1 aliphatic heterocycles. The third kappa shape index (κ3) is 2.47. The smallest absolute Gasteiger partial charge is 0.138 e. The second-order valence-corrected chi connectivity index (χ2v) is 5.47. The lowest BCUT2D eigenvalue weighted by Crippen LogP contribution is -2.61. The Morgan fingerprint density at radius 1 is 1.60 bits per heavy atom.